The number of carbonyl (C=O) groups excluding carboxylic acids is 1. The Morgan fingerprint density at radius 2 is 1.75 bits per heavy atom. The molecule has 0 saturated heterocycles. The second-order valence-corrected chi connectivity index (χ2v) is 7.01. The molecule has 0 saturated carbocycles. The highest BCUT2D eigenvalue weighted by Gasteiger charge is 2.15. The van der Waals surface area contributed by atoms with E-state index < -0.39 is 20.9 Å². The number of nitrogens with zero attached hydrogens (tertiary/aromatic N) is 3. The summed E-state index contributed by atoms with van der Waals surface area (Å²) in [6.45, 7) is -0.310. The van der Waals surface area contributed by atoms with Gasteiger partial charge in [0.2, 0.25) is 15.9 Å². The maximum absolute atomic E-state index is 12.0. The Kier molecular flexibility index (Phi) is 5.15. The van der Waals surface area contributed by atoms with Crippen molar-refractivity contribution in [2.45, 2.75) is 11.5 Å². The minimum atomic E-state index is -3.85. The quantitative estimate of drug-likeness (QED) is 0.364. The van der Waals surface area contributed by atoms with E-state index in [0.717, 1.165) is 0 Å². The number of ether oxygens (including phenoxy) is 1. The van der Waals surface area contributed by atoms with Gasteiger partial charge in [-0.3, -0.25) is 10.1 Å². The molecule has 0 aliphatic carbocycles. The van der Waals surface area contributed by atoms with Gasteiger partial charge >= 0.3 is 5.97 Å². The highest BCUT2D eigenvalue weighted by Crippen LogP contribution is 2.21. The van der Waals surface area contributed by atoms with Gasteiger partial charge in [-0.15, -0.1) is 10.2 Å². The topological polar surface area (TPSA) is 169 Å². The average molecular weight is 404 g/mol. The lowest BCUT2D eigenvalue weighted by molar-refractivity contribution is -0.384. The average Bonchev–Trinajstić information content (AvgIpc) is 3.14. The van der Waals surface area contributed by atoms with Crippen LogP contribution in [-0.4, -0.2) is 29.5 Å². The normalized spacial score (nSPS) is 11.2. The summed E-state index contributed by atoms with van der Waals surface area (Å²) >= 11 is 0. The maximum Gasteiger partial charge on any atom is 0.338 e. The number of aromatic nitrogens is 2. The molecule has 3 aromatic rings. The van der Waals surface area contributed by atoms with Crippen LogP contribution in [0.15, 0.2) is 57.8 Å². The molecule has 1 heterocycles. The highest BCUT2D eigenvalue weighted by atomic mass is 32.2. The van der Waals surface area contributed by atoms with Gasteiger partial charge in [0.1, 0.15) is 0 Å². The van der Waals surface area contributed by atoms with Crippen molar-refractivity contribution >= 4 is 21.7 Å². The third-order valence-corrected chi connectivity index (χ3v) is 4.47. The predicted octanol–water partition coefficient (Wildman–Crippen LogP) is 1.65. The second-order valence-electron chi connectivity index (χ2n) is 5.45. The van der Waals surface area contributed by atoms with Crippen molar-refractivity contribution in [2.75, 3.05) is 0 Å². The van der Waals surface area contributed by atoms with E-state index in [1.807, 2.05) is 0 Å². The molecular formula is C16H12N4O7S. The van der Waals surface area contributed by atoms with Gasteiger partial charge in [-0.05, 0) is 36.4 Å². The Hall–Kier alpha value is -3.64. The lowest BCUT2D eigenvalue weighted by atomic mass is 10.2. The molecule has 1 aromatic heterocycles. The van der Waals surface area contributed by atoms with Crippen molar-refractivity contribution in [1.82, 2.24) is 10.2 Å². The van der Waals surface area contributed by atoms with Crippen LogP contribution in [0.25, 0.3) is 11.5 Å². The number of nitrogens with two attached hydrogens (primary N) is 1. The summed E-state index contributed by atoms with van der Waals surface area (Å²) in [6, 6.07) is 10.4. The summed E-state index contributed by atoms with van der Waals surface area (Å²) in [5.41, 5.74) is 0.502. The summed E-state index contributed by atoms with van der Waals surface area (Å²) < 4.78 is 32.8. The number of nitro groups is 1. The molecule has 2 N–H and O–H groups in total. The number of nitro benzene ring substituents is 1. The zero-order chi connectivity index (χ0) is 20.3. The van der Waals surface area contributed by atoms with Crippen LogP contribution in [0.5, 0.6) is 0 Å². The van der Waals surface area contributed by atoms with E-state index in [2.05, 4.69) is 10.2 Å². The molecule has 0 spiro atoms. The number of carbonyl (C=O) groups is 1. The molecule has 28 heavy (non-hydrogen) atoms. The van der Waals surface area contributed by atoms with E-state index in [9.17, 15) is 23.3 Å². The van der Waals surface area contributed by atoms with Crippen LogP contribution in [0.4, 0.5) is 5.69 Å². The lowest BCUT2D eigenvalue weighted by Crippen LogP contribution is -2.12. The first-order chi connectivity index (χ1) is 13.2. The van der Waals surface area contributed by atoms with Gasteiger partial charge in [-0.25, -0.2) is 18.4 Å². The van der Waals surface area contributed by atoms with Gasteiger partial charge in [-0.1, -0.05) is 0 Å². The molecule has 3 rings (SSSR count). The summed E-state index contributed by atoms with van der Waals surface area (Å²) in [6.07, 6.45) is 0. The smallest absolute Gasteiger partial charge is 0.338 e. The van der Waals surface area contributed by atoms with Crippen LogP contribution in [0.1, 0.15) is 16.2 Å². The molecule has 0 radical (unpaired) electrons. The van der Waals surface area contributed by atoms with Gasteiger partial charge in [0.15, 0.2) is 6.61 Å². The number of sulfonamides is 1. The standard InChI is InChI=1S/C16H12N4O7S/c17-28(24,25)13-7-3-11(4-8-13)16(21)26-9-14-18-19-15(27-14)10-1-5-12(6-2-10)20(22)23/h1-8H,9H2,(H2,17,24,25). The number of esters is 1. The van der Waals surface area contributed by atoms with Crippen molar-refractivity contribution < 1.29 is 27.3 Å². The fraction of sp³-hybridized carbons (Fsp3) is 0.0625. The van der Waals surface area contributed by atoms with Gasteiger partial charge in [0.05, 0.1) is 15.4 Å². The summed E-state index contributed by atoms with van der Waals surface area (Å²) in [5.74, 6) is -0.600. The number of hydrogen-bond acceptors (Lipinski definition) is 9. The third kappa shape index (κ3) is 4.36. The van der Waals surface area contributed by atoms with Crippen molar-refractivity contribution in [1.29, 1.82) is 0 Å². The zero-order valence-corrected chi connectivity index (χ0v) is 14.8. The van der Waals surface area contributed by atoms with Crippen LogP contribution < -0.4 is 5.14 Å². The molecule has 11 nitrogen and oxygen atoms in total. The van der Waals surface area contributed by atoms with Crippen molar-refractivity contribution in [3.05, 3.63) is 70.1 Å². The number of primary sulfonamides is 1. The monoisotopic (exact) mass is 404 g/mol. The molecule has 12 heteroatoms. The molecule has 0 aliphatic heterocycles. The second kappa shape index (κ2) is 7.54. The van der Waals surface area contributed by atoms with Crippen LogP contribution >= 0.6 is 0 Å². The molecule has 0 fully saturated rings. The Balaban J connectivity index is 1.64. The summed E-state index contributed by atoms with van der Waals surface area (Å²) in [5, 5.41) is 23.2. The minimum absolute atomic E-state index is 0.0165. The molecule has 0 bridgehead atoms. The fourth-order valence-corrected chi connectivity index (χ4v) is 2.66. The van der Waals surface area contributed by atoms with Crippen molar-refractivity contribution in [3.63, 3.8) is 0 Å². The Morgan fingerprint density at radius 1 is 1.11 bits per heavy atom. The van der Waals surface area contributed by atoms with Crippen molar-refractivity contribution in [2.24, 2.45) is 5.14 Å². The van der Waals surface area contributed by atoms with E-state index in [-0.39, 0.29) is 34.5 Å². The fourth-order valence-electron chi connectivity index (χ4n) is 2.15. The Bertz CT molecular complexity index is 1120. The predicted molar refractivity (Wildman–Crippen MR) is 93.3 cm³/mol. The van der Waals surface area contributed by atoms with E-state index in [0.29, 0.717) is 5.56 Å². The lowest BCUT2D eigenvalue weighted by Gasteiger charge is -2.03. The van der Waals surface area contributed by atoms with Crippen LogP contribution in [0, 0.1) is 10.1 Å². The molecule has 0 aliphatic rings. The summed E-state index contributed by atoms with van der Waals surface area (Å²) in [4.78, 5) is 22.0. The number of rotatable bonds is 6. The summed E-state index contributed by atoms with van der Waals surface area (Å²) in [7, 11) is -3.85. The number of benzene rings is 2. The van der Waals surface area contributed by atoms with Gasteiger partial charge in [0, 0.05) is 17.7 Å². The molecule has 0 unspecified atom stereocenters. The van der Waals surface area contributed by atoms with Gasteiger partial charge in [-0.2, -0.15) is 0 Å². The van der Waals surface area contributed by atoms with Crippen molar-refractivity contribution in [3.8, 4) is 11.5 Å². The molecule has 0 amide bonds. The van der Waals surface area contributed by atoms with Crippen LogP contribution in [0.3, 0.4) is 0 Å². The number of non-ortho nitro benzene ring substituents is 1. The SMILES string of the molecule is NS(=O)(=O)c1ccc(C(=O)OCc2nnc(-c3ccc([N+](=O)[O-])cc3)o2)cc1. The molecule has 2 aromatic carbocycles. The first kappa shape index (κ1) is 19.1. The van der Waals surface area contributed by atoms with Crippen LogP contribution in [-0.2, 0) is 21.4 Å². The van der Waals surface area contributed by atoms with Gasteiger partial charge < -0.3 is 9.15 Å². The first-order valence-electron chi connectivity index (χ1n) is 7.61. The van der Waals surface area contributed by atoms with E-state index in [4.69, 9.17) is 14.3 Å². The van der Waals surface area contributed by atoms with Gasteiger partial charge in [0.25, 0.3) is 11.6 Å². The van der Waals surface area contributed by atoms with Crippen LogP contribution in [0.2, 0.25) is 0 Å². The largest absolute Gasteiger partial charge is 0.452 e. The molecular weight excluding hydrogens is 392 g/mol. The Labute approximate surface area is 158 Å². The minimum Gasteiger partial charge on any atom is -0.452 e. The first-order valence-corrected chi connectivity index (χ1v) is 9.16. The zero-order valence-electron chi connectivity index (χ0n) is 14.0. The molecule has 0 atom stereocenters. The number of hydrogen-bond donors (Lipinski definition) is 1. The van der Waals surface area contributed by atoms with E-state index >= 15 is 0 Å². The highest BCUT2D eigenvalue weighted by molar-refractivity contribution is 7.89. The van der Waals surface area contributed by atoms with E-state index in [1.165, 1.54) is 48.5 Å². The van der Waals surface area contributed by atoms with E-state index in [1.54, 1.807) is 0 Å². The Morgan fingerprint density at radius 3 is 2.32 bits per heavy atom. The molecule has 144 valence electrons. The maximum atomic E-state index is 12.0. The third-order valence-electron chi connectivity index (χ3n) is 3.54.